The fourth-order valence-corrected chi connectivity index (χ4v) is 3.52. The summed E-state index contributed by atoms with van der Waals surface area (Å²) in [5.41, 5.74) is 3.74. The van der Waals surface area contributed by atoms with E-state index in [1.807, 2.05) is 60.7 Å². The fraction of sp³-hybridized carbons (Fsp3) is 0.182. The predicted octanol–water partition coefficient (Wildman–Crippen LogP) is 2.75. The maximum atomic E-state index is 12.9. The van der Waals surface area contributed by atoms with Crippen molar-refractivity contribution in [3.8, 4) is 0 Å². The summed E-state index contributed by atoms with van der Waals surface area (Å²) >= 11 is 0. The van der Waals surface area contributed by atoms with Gasteiger partial charge in [0.25, 0.3) is 5.91 Å². The van der Waals surface area contributed by atoms with Crippen molar-refractivity contribution < 1.29 is 23.0 Å². The van der Waals surface area contributed by atoms with E-state index in [0.29, 0.717) is 12.1 Å². The highest BCUT2D eigenvalue weighted by Crippen LogP contribution is 2.33. The first-order valence-corrected chi connectivity index (χ1v) is 8.95. The van der Waals surface area contributed by atoms with E-state index in [1.165, 1.54) is 11.0 Å². The second-order valence-corrected chi connectivity index (χ2v) is 6.85. The molecule has 0 aromatic heterocycles. The van der Waals surface area contributed by atoms with Gasteiger partial charge in [0.05, 0.1) is 12.8 Å². The summed E-state index contributed by atoms with van der Waals surface area (Å²) < 4.78 is 38.7. The highest BCUT2D eigenvalue weighted by molar-refractivity contribution is 6.05. The van der Waals surface area contributed by atoms with Crippen LogP contribution < -0.4 is 4.99 Å². The Labute approximate surface area is 160 Å². The molecule has 0 radical (unpaired) electrons. The normalized spacial score (nSPS) is 16.8. The third kappa shape index (κ3) is 3.76. The van der Waals surface area contributed by atoms with Crippen LogP contribution in [0.3, 0.4) is 0 Å². The van der Waals surface area contributed by atoms with Crippen molar-refractivity contribution in [3.63, 3.8) is 0 Å². The molecule has 0 bridgehead atoms. The number of benzene rings is 2. The SMILES string of the molecule is O=C1C(CC(F)(F)F)=CC2=C(Cc3ccccc3)[NH+]=C(c3ccccc3)CN12. The van der Waals surface area contributed by atoms with Crippen molar-refractivity contribution in [2.75, 3.05) is 6.54 Å². The van der Waals surface area contributed by atoms with Gasteiger partial charge in [-0.05, 0) is 23.8 Å². The molecule has 142 valence electrons. The number of hydrogen-bond acceptors (Lipinski definition) is 1. The quantitative estimate of drug-likeness (QED) is 0.866. The van der Waals surface area contributed by atoms with Crippen molar-refractivity contribution in [2.24, 2.45) is 0 Å². The molecule has 1 amide bonds. The van der Waals surface area contributed by atoms with E-state index in [2.05, 4.69) is 4.99 Å². The number of carbonyl (C=O) groups is 1. The van der Waals surface area contributed by atoms with Crippen LogP contribution in [0.25, 0.3) is 0 Å². The Hall–Kier alpha value is -3.15. The molecule has 2 aromatic rings. The van der Waals surface area contributed by atoms with Crippen LogP contribution in [0.4, 0.5) is 13.2 Å². The first-order valence-electron chi connectivity index (χ1n) is 8.95. The van der Waals surface area contributed by atoms with E-state index in [9.17, 15) is 18.0 Å². The van der Waals surface area contributed by atoms with Crippen LogP contribution in [0.2, 0.25) is 0 Å². The van der Waals surface area contributed by atoms with E-state index in [1.54, 1.807) is 0 Å². The van der Waals surface area contributed by atoms with Crippen molar-refractivity contribution >= 4 is 11.6 Å². The van der Waals surface area contributed by atoms with Crippen LogP contribution in [-0.4, -0.2) is 29.2 Å². The zero-order valence-electron chi connectivity index (χ0n) is 15.0. The summed E-state index contributed by atoms with van der Waals surface area (Å²) in [6.45, 7) is 0.217. The van der Waals surface area contributed by atoms with Crippen LogP contribution in [-0.2, 0) is 11.2 Å². The molecule has 2 aliphatic rings. The van der Waals surface area contributed by atoms with Gasteiger partial charge in [0.15, 0.2) is 0 Å². The van der Waals surface area contributed by atoms with Crippen molar-refractivity contribution in [1.29, 1.82) is 0 Å². The van der Waals surface area contributed by atoms with E-state index >= 15 is 0 Å². The molecular weight excluding hydrogens is 365 g/mol. The second-order valence-electron chi connectivity index (χ2n) is 6.85. The van der Waals surface area contributed by atoms with Gasteiger partial charge in [-0.1, -0.05) is 48.5 Å². The molecule has 3 nitrogen and oxygen atoms in total. The number of nitrogens with one attached hydrogen (secondary N) is 1. The predicted molar refractivity (Wildman–Crippen MR) is 99.2 cm³/mol. The molecule has 6 heteroatoms. The first-order chi connectivity index (χ1) is 13.4. The highest BCUT2D eigenvalue weighted by atomic mass is 19.4. The van der Waals surface area contributed by atoms with Gasteiger partial charge in [-0.25, -0.2) is 4.99 Å². The zero-order valence-corrected chi connectivity index (χ0v) is 15.0. The van der Waals surface area contributed by atoms with Crippen LogP contribution >= 0.6 is 0 Å². The number of amides is 1. The minimum atomic E-state index is -4.42. The Kier molecular flexibility index (Phi) is 4.63. The zero-order chi connectivity index (χ0) is 19.7. The minimum Gasteiger partial charge on any atom is -0.292 e. The number of nitrogens with zero attached hydrogens (tertiary/aromatic N) is 1. The topological polar surface area (TPSA) is 34.3 Å². The monoisotopic (exact) mass is 383 g/mol. The van der Waals surface area contributed by atoms with Gasteiger partial charge in [0.1, 0.15) is 12.2 Å². The van der Waals surface area contributed by atoms with Crippen molar-refractivity contribution in [2.45, 2.75) is 19.0 Å². The molecule has 0 saturated carbocycles. The molecule has 0 aliphatic carbocycles. The van der Waals surface area contributed by atoms with E-state index < -0.39 is 18.5 Å². The first kappa shape index (κ1) is 18.2. The number of halogens is 3. The van der Waals surface area contributed by atoms with Crippen LogP contribution in [0.15, 0.2) is 83.7 Å². The molecule has 1 N–H and O–H groups in total. The Morgan fingerprint density at radius 2 is 1.61 bits per heavy atom. The highest BCUT2D eigenvalue weighted by Gasteiger charge is 2.41. The smallest absolute Gasteiger partial charge is 0.292 e. The molecule has 28 heavy (non-hydrogen) atoms. The standard InChI is InChI=1S/C22H17F3N2O/c23-22(24,25)13-17-12-20-18(11-15-7-3-1-4-8-15)26-19(14-27(20)21(17)28)16-9-5-2-6-10-16/h1-10,12H,11,13-14H2/p+1. The number of alkyl halides is 3. The van der Waals surface area contributed by atoms with Crippen LogP contribution in [0.5, 0.6) is 0 Å². The van der Waals surface area contributed by atoms with Gasteiger partial charge in [-0.3, -0.25) is 9.69 Å². The molecular formula is C22H18F3N2O+. The van der Waals surface area contributed by atoms with Crippen LogP contribution in [0, 0.1) is 0 Å². The Morgan fingerprint density at radius 1 is 0.964 bits per heavy atom. The van der Waals surface area contributed by atoms with Crippen molar-refractivity contribution in [1.82, 2.24) is 4.90 Å². The summed E-state index contributed by atoms with van der Waals surface area (Å²) in [4.78, 5) is 17.5. The number of fused-ring (bicyclic) bond motifs is 1. The molecule has 2 aromatic carbocycles. The number of carbonyl (C=O) groups excluding carboxylic acids is 1. The van der Waals surface area contributed by atoms with E-state index in [4.69, 9.17) is 0 Å². The Bertz CT molecular complexity index is 989. The minimum absolute atomic E-state index is 0.217. The maximum Gasteiger partial charge on any atom is 0.393 e. The molecule has 0 fully saturated rings. The third-order valence-corrected chi connectivity index (χ3v) is 4.79. The third-order valence-electron chi connectivity index (χ3n) is 4.79. The van der Waals surface area contributed by atoms with Gasteiger partial charge in [-0.15, -0.1) is 0 Å². The van der Waals surface area contributed by atoms with Gasteiger partial charge in [0.2, 0.25) is 11.4 Å². The second kappa shape index (κ2) is 7.11. The van der Waals surface area contributed by atoms with Gasteiger partial charge < -0.3 is 0 Å². The molecule has 0 spiro atoms. The Morgan fingerprint density at radius 3 is 2.25 bits per heavy atom. The number of hydrogen-bond donors (Lipinski definition) is 1. The van der Waals surface area contributed by atoms with Gasteiger partial charge in [0, 0.05) is 11.1 Å². The fourth-order valence-electron chi connectivity index (χ4n) is 3.52. The van der Waals surface area contributed by atoms with Crippen LogP contribution in [0.1, 0.15) is 17.5 Å². The summed E-state index contributed by atoms with van der Waals surface area (Å²) in [5.74, 6) is -0.576. The lowest BCUT2D eigenvalue weighted by Crippen LogP contribution is -2.76. The van der Waals surface area contributed by atoms with Gasteiger partial charge in [-0.2, -0.15) is 13.2 Å². The lowest BCUT2D eigenvalue weighted by Gasteiger charge is -2.22. The number of rotatable bonds is 4. The molecule has 0 unspecified atom stereocenters. The molecule has 0 atom stereocenters. The summed E-state index contributed by atoms with van der Waals surface area (Å²) in [7, 11) is 0. The van der Waals surface area contributed by atoms with E-state index in [-0.39, 0.29) is 12.1 Å². The Balaban J connectivity index is 1.77. The molecule has 2 heterocycles. The molecule has 4 rings (SSSR count). The van der Waals surface area contributed by atoms with Gasteiger partial charge >= 0.3 is 6.18 Å². The summed E-state index contributed by atoms with van der Waals surface area (Å²) in [6, 6.07) is 19.1. The average Bonchev–Trinajstić information content (AvgIpc) is 2.98. The summed E-state index contributed by atoms with van der Waals surface area (Å²) in [5, 5.41) is 0. The lowest BCUT2D eigenvalue weighted by molar-refractivity contribution is -0.405. The van der Waals surface area contributed by atoms with E-state index in [0.717, 1.165) is 22.5 Å². The van der Waals surface area contributed by atoms with Crippen molar-refractivity contribution in [3.05, 3.63) is 94.8 Å². The maximum absolute atomic E-state index is 12.9. The lowest BCUT2D eigenvalue weighted by atomic mass is 10.0. The molecule has 2 aliphatic heterocycles. The molecule has 0 saturated heterocycles. The largest absolute Gasteiger partial charge is 0.393 e. The number of allylic oxidation sites excluding steroid dienone is 2. The summed E-state index contributed by atoms with van der Waals surface area (Å²) in [6.07, 6.45) is -3.77. The average molecular weight is 383 g/mol.